The smallest absolute Gasteiger partial charge is 0.328 e. The molecule has 186 valence electrons. The van der Waals surface area contributed by atoms with E-state index in [1.807, 2.05) is 6.07 Å². The Labute approximate surface area is 208 Å². The van der Waals surface area contributed by atoms with Gasteiger partial charge in [-0.2, -0.15) is 0 Å². The second kappa shape index (κ2) is 12.4. The lowest BCUT2D eigenvalue weighted by Crippen LogP contribution is -2.53. The number of amides is 2. The summed E-state index contributed by atoms with van der Waals surface area (Å²) in [6.45, 7) is 1.28. The number of hydrogen-bond acceptors (Lipinski definition) is 5. The van der Waals surface area contributed by atoms with E-state index in [0.29, 0.717) is 22.3 Å². The van der Waals surface area contributed by atoms with Gasteiger partial charge in [-0.25, -0.2) is 9.18 Å². The highest BCUT2D eigenvalue weighted by molar-refractivity contribution is 6.08. The van der Waals surface area contributed by atoms with Gasteiger partial charge >= 0.3 is 5.97 Å². The summed E-state index contributed by atoms with van der Waals surface area (Å²) in [5.41, 5.74) is 2.40. The van der Waals surface area contributed by atoms with Crippen LogP contribution in [0.2, 0.25) is 0 Å². The minimum atomic E-state index is -1.03. The van der Waals surface area contributed by atoms with Gasteiger partial charge in [0.1, 0.15) is 17.9 Å². The highest BCUT2D eigenvalue weighted by atomic mass is 19.1. The highest BCUT2D eigenvalue weighted by Gasteiger charge is 2.27. The molecule has 0 aliphatic rings. The van der Waals surface area contributed by atoms with E-state index in [1.54, 1.807) is 48.5 Å². The van der Waals surface area contributed by atoms with Crippen molar-refractivity contribution in [2.75, 3.05) is 7.11 Å². The SMILES string of the molecule is COC(=O)[C@@H](Cc1ccc(C(=O)c2ccccc2)cc1)NC(=O)[C@H](Cc1ccc(F)cc1)NC(C)=O. The molecule has 3 aromatic rings. The maximum absolute atomic E-state index is 13.2. The van der Waals surface area contributed by atoms with Crippen molar-refractivity contribution in [3.63, 3.8) is 0 Å². The average molecular weight is 491 g/mol. The third-order valence-electron chi connectivity index (χ3n) is 5.54. The summed E-state index contributed by atoms with van der Waals surface area (Å²) in [6, 6.07) is 19.2. The van der Waals surface area contributed by atoms with Crippen LogP contribution >= 0.6 is 0 Å². The second-order valence-corrected chi connectivity index (χ2v) is 8.26. The molecular formula is C28H27FN2O5. The Bertz CT molecular complexity index is 1210. The van der Waals surface area contributed by atoms with Crippen molar-refractivity contribution in [3.05, 3.63) is 107 Å². The second-order valence-electron chi connectivity index (χ2n) is 8.26. The molecule has 0 heterocycles. The van der Waals surface area contributed by atoms with Gasteiger partial charge in [-0.1, -0.05) is 66.7 Å². The number of esters is 1. The third-order valence-corrected chi connectivity index (χ3v) is 5.54. The van der Waals surface area contributed by atoms with E-state index in [2.05, 4.69) is 10.6 Å². The molecule has 0 spiro atoms. The Morgan fingerprint density at radius 1 is 0.750 bits per heavy atom. The summed E-state index contributed by atoms with van der Waals surface area (Å²) in [4.78, 5) is 49.8. The van der Waals surface area contributed by atoms with Crippen LogP contribution in [0.5, 0.6) is 0 Å². The molecule has 0 aromatic heterocycles. The normalized spacial score (nSPS) is 12.2. The van der Waals surface area contributed by atoms with E-state index in [1.165, 1.54) is 38.3 Å². The summed E-state index contributed by atoms with van der Waals surface area (Å²) in [5, 5.41) is 5.22. The van der Waals surface area contributed by atoms with Crippen molar-refractivity contribution < 1.29 is 28.3 Å². The van der Waals surface area contributed by atoms with Crippen LogP contribution < -0.4 is 10.6 Å². The number of ketones is 1. The molecule has 0 fully saturated rings. The fraction of sp³-hybridized carbons (Fsp3) is 0.214. The molecule has 2 amide bonds. The molecule has 0 unspecified atom stereocenters. The molecule has 0 aliphatic heterocycles. The zero-order valence-electron chi connectivity index (χ0n) is 20.0. The number of nitrogens with one attached hydrogen (secondary N) is 2. The Morgan fingerprint density at radius 2 is 1.28 bits per heavy atom. The lowest BCUT2D eigenvalue weighted by atomic mass is 9.99. The molecule has 0 radical (unpaired) electrons. The summed E-state index contributed by atoms with van der Waals surface area (Å²) in [5.74, 6) is -2.21. The summed E-state index contributed by atoms with van der Waals surface area (Å²) >= 11 is 0. The minimum Gasteiger partial charge on any atom is -0.467 e. The van der Waals surface area contributed by atoms with Gasteiger partial charge in [-0.3, -0.25) is 14.4 Å². The van der Waals surface area contributed by atoms with Crippen molar-refractivity contribution in [3.8, 4) is 0 Å². The number of carbonyl (C=O) groups is 4. The first-order chi connectivity index (χ1) is 17.3. The fourth-order valence-electron chi connectivity index (χ4n) is 3.70. The van der Waals surface area contributed by atoms with E-state index in [9.17, 15) is 23.6 Å². The molecule has 2 atom stereocenters. The number of benzene rings is 3. The monoisotopic (exact) mass is 490 g/mol. The van der Waals surface area contributed by atoms with Crippen LogP contribution in [0.15, 0.2) is 78.9 Å². The molecule has 8 heteroatoms. The quantitative estimate of drug-likeness (QED) is 0.336. The molecule has 36 heavy (non-hydrogen) atoms. The molecule has 3 rings (SSSR count). The molecule has 0 aliphatic carbocycles. The first kappa shape index (κ1) is 26.3. The minimum absolute atomic E-state index is 0.107. The first-order valence-electron chi connectivity index (χ1n) is 11.3. The van der Waals surface area contributed by atoms with E-state index >= 15 is 0 Å². The summed E-state index contributed by atoms with van der Waals surface area (Å²) < 4.78 is 18.1. The highest BCUT2D eigenvalue weighted by Crippen LogP contribution is 2.13. The van der Waals surface area contributed by atoms with Gasteiger partial charge in [0.05, 0.1) is 7.11 Å². The van der Waals surface area contributed by atoms with Crippen molar-refractivity contribution in [1.82, 2.24) is 10.6 Å². The number of carbonyl (C=O) groups excluding carboxylic acids is 4. The lowest BCUT2D eigenvalue weighted by Gasteiger charge is -2.22. The zero-order chi connectivity index (χ0) is 26.1. The van der Waals surface area contributed by atoms with Crippen LogP contribution in [-0.4, -0.2) is 42.8 Å². The lowest BCUT2D eigenvalue weighted by molar-refractivity contribution is -0.145. The standard InChI is InChI=1S/C28H27FN2O5/c1-18(32)30-24(16-20-10-14-23(29)15-11-20)27(34)31-25(28(35)36-2)17-19-8-12-22(13-9-19)26(33)21-6-4-3-5-7-21/h3-15,24-25H,16-17H2,1-2H3,(H,30,32)(H,31,34)/t24-,25+/m0/s1. The Kier molecular flexibility index (Phi) is 9.05. The van der Waals surface area contributed by atoms with E-state index in [0.717, 1.165) is 0 Å². The number of ether oxygens (including phenoxy) is 1. The topological polar surface area (TPSA) is 102 Å². The molecule has 7 nitrogen and oxygen atoms in total. The molecule has 0 bridgehead atoms. The Morgan fingerprint density at radius 3 is 1.83 bits per heavy atom. The van der Waals surface area contributed by atoms with Gasteiger partial charge in [0.2, 0.25) is 11.8 Å². The third kappa shape index (κ3) is 7.33. The van der Waals surface area contributed by atoms with E-state index in [4.69, 9.17) is 4.74 Å². The average Bonchev–Trinajstić information content (AvgIpc) is 2.89. The number of rotatable bonds is 10. The predicted octanol–water partition coefficient (Wildman–Crippen LogP) is 3.00. The predicted molar refractivity (Wildman–Crippen MR) is 132 cm³/mol. The molecule has 0 saturated carbocycles. The van der Waals surface area contributed by atoms with Crippen LogP contribution in [0, 0.1) is 5.82 Å². The van der Waals surface area contributed by atoms with Crippen molar-refractivity contribution in [1.29, 1.82) is 0 Å². The number of halogens is 1. The Balaban J connectivity index is 1.72. The van der Waals surface area contributed by atoms with E-state index in [-0.39, 0.29) is 18.6 Å². The van der Waals surface area contributed by atoms with Crippen molar-refractivity contribution in [2.45, 2.75) is 31.8 Å². The summed E-state index contributed by atoms with van der Waals surface area (Å²) in [7, 11) is 1.22. The van der Waals surface area contributed by atoms with Crippen LogP contribution in [0.4, 0.5) is 4.39 Å². The van der Waals surface area contributed by atoms with Crippen LogP contribution in [0.3, 0.4) is 0 Å². The van der Waals surface area contributed by atoms with E-state index < -0.39 is 35.7 Å². The molecular weight excluding hydrogens is 463 g/mol. The van der Waals surface area contributed by atoms with Crippen molar-refractivity contribution in [2.24, 2.45) is 0 Å². The van der Waals surface area contributed by atoms with Crippen molar-refractivity contribution >= 4 is 23.6 Å². The number of methoxy groups -OCH3 is 1. The molecule has 2 N–H and O–H groups in total. The van der Waals surface area contributed by atoms with Crippen LogP contribution in [0.1, 0.15) is 34.0 Å². The van der Waals surface area contributed by atoms with Gasteiger partial charge in [0.25, 0.3) is 0 Å². The maximum atomic E-state index is 13.2. The zero-order valence-corrected chi connectivity index (χ0v) is 20.0. The van der Waals surface area contributed by atoms with Gasteiger partial charge in [0, 0.05) is 30.9 Å². The van der Waals surface area contributed by atoms with Gasteiger partial charge in [0.15, 0.2) is 5.78 Å². The fourth-order valence-corrected chi connectivity index (χ4v) is 3.70. The maximum Gasteiger partial charge on any atom is 0.328 e. The Hall–Kier alpha value is -4.33. The van der Waals surface area contributed by atoms with Gasteiger partial charge in [-0.15, -0.1) is 0 Å². The summed E-state index contributed by atoms with van der Waals surface area (Å²) in [6.07, 6.45) is 0.220. The van der Waals surface area contributed by atoms with Gasteiger partial charge < -0.3 is 15.4 Å². The first-order valence-corrected chi connectivity index (χ1v) is 11.3. The molecule has 3 aromatic carbocycles. The van der Waals surface area contributed by atoms with Gasteiger partial charge in [-0.05, 0) is 23.3 Å². The largest absolute Gasteiger partial charge is 0.467 e. The van der Waals surface area contributed by atoms with Crippen LogP contribution in [-0.2, 0) is 32.0 Å². The molecule has 0 saturated heterocycles. The number of hydrogen-bond donors (Lipinski definition) is 2. The van der Waals surface area contributed by atoms with Crippen LogP contribution in [0.25, 0.3) is 0 Å².